The van der Waals surface area contributed by atoms with E-state index < -0.39 is 11.7 Å². The molecule has 106 valence electrons. The summed E-state index contributed by atoms with van der Waals surface area (Å²) in [6.45, 7) is 0.786. The molecule has 1 N–H and O–H groups in total. The quantitative estimate of drug-likeness (QED) is 0.885. The fourth-order valence-corrected chi connectivity index (χ4v) is 2.49. The van der Waals surface area contributed by atoms with E-state index in [9.17, 15) is 13.2 Å². The first-order valence-corrected chi connectivity index (χ1v) is 6.51. The Bertz CT molecular complexity index is 435. The maximum Gasteiger partial charge on any atom is 0.416 e. The van der Waals surface area contributed by atoms with Crippen molar-refractivity contribution in [2.75, 3.05) is 25.5 Å². The van der Waals surface area contributed by atoms with Gasteiger partial charge in [-0.25, -0.2) is 0 Å². The van der Waals surface area contributed by atoms with Gasteiger partial charge in [0.25, 0.3) is 0 Å². The lowest BCUT2D eigenvalue weighted by atomic mass is 9.92. The van der Waals surface area contributed by atoms with E-state index in [4.69, 9.17) is 0 Å². The van der Waals surface area contributed by atoms with Crippen LogP contribution in [0, 0.1) is 0 Å². The van der Waals surface area contributed by atoms with Crippen molar-refractivity contribution in [1.29, 1.82) is 0 Å². The van der Waals surface area contributed by atoms with Crippen LogP contribution >= 0.6 is 0 Å². The number of anilines is 1. The molecule has 0 aliphatic carbocycles. The third kappa shape index (κ3) is 3.21. The fourth-order valence-electron chi connectivity index (χ4n) is 2.49. The van der Waals surface area contributed by atoms with Gasteiger partial charge in [0.2, 0.25) is 0 Å². The van der Waals surface area contributed by atoms with Gasteiger partial charge in [-0.2, -0.15) is 13.2 Å². The predicted octanol–water partition coefficient (Wildman–Crippen LogP) is 3.59. The Morgan fingerprint density at radius 2 is 1.95 bits per heavy atom. The van der Waals surface area contributed by atoms with Crippen LogP contribution in [0.4, 0.5) is 18.9 Å². The van der Waals surface area contributed by atoms with E-state index in [0.29, 0.717) is 5.56 Å². The summed E-state index contributed by atoms with van der Waals surface area (Å²) in [5.74, 6) is 0. The summed E-state index contributed by atoms with van der Waals surface area (Å²) < 4.78 is 39.3. The van der Waals surface area contributed by atoms with Crippen molar-refractivity contribution in [3.63, 3.8) is 0 Å². The standard InChI is InChI=1S/C14H19F3N2/c1-19(2)10-6-7-12(14(15,16)17)11(9-10)13-5-3-4-8-18-13/h6-7,9,13,18H,3-5,8H2,1-2H3. The Balaban J connectivity index is 2.43. The van der Waals surface area contributed by atoms with Crippen molar-refractivity contribution >= 4 is 5.69 Å². The molecule has 2 rings (SSSR count). The van der Waals surface area contributed by atoms with Crippen LogP contribution in [0.5, 0.6) is 0 Å². The van der Waals surface area contributed by atoms with Crippen molar-refractivity contribution in [1.82, 2.24) is 5.32 Å². The molecule has 1 unspecified atom stereocenters. The van der Waals surface area contributed by atoms with Gasteiger partial charge in [0, 0.05) is 25.8 Å². The highest BCUT2D eigenvalue weighted by atomic mass is 19.4. The Hall–Kier alpha value is -1.23. The average Bonchev–Trinajstić information content (AvgIpc) is 2.38. The molecule has 1 fully saturated rings. The predicted molar refractivity (Wildman–Crippen MR) is 70.4 cm³/mol. The van der Waals surface area contributed by atoms with Crippen molar-refractivity contribution in [3.8, 4) is 0 Å². The summed E-state index contributed by atoms with van der Waals surface area (Å²) >= 11 is 0. The fraction of sp³-hybridized carbons (Fsp3) is 0.571. The molecule has 0 amide bonds. The monoisotopic (exact) mass is 272 g/mol. The van der Waals surface area contributed by atoms with Crippen LogP contribution in [0.15, 0.2) is 18.2 Å². The minimum Gasteiger partial charge on any atom is -0.378 e. The van der Waals surface area contributed by atoms with Crippen LogP contribution in [-0.2, 0) is 6.18 Å². The SMILES string of the molecule is CN(C)c1ccc(C(F)(F)F)c(C2CCCCN2)c1. The van der Waals surface area contributed by atoms with Crippen molar-refractivity contribution < 1.29 is 13.2 Å². The number of benzene rings is 1. The van der Waals surface area contributed by atoms with E-state index in [2.05, 4.69) is 5.32 Å². The van der Waals surface area contributed by atoms with Gasteiger partial charge >= 0.3 is 6.18 Å². The average molecular weight is 272 g/mol. The number of nitrogens with one attached hydrogen (secondary N) is 1. The highest BCUT2D eigenvalue weighted by Crippen LogP contribution is 2.38. The second kappa shape index (κ2) is 5.41. The largest absolute Gasteiger partial charge is 0.416 e. The van der Waals surface area contributed by atoms with Crippen molar-refractivity contribution in [3.05, 3.63) is 29.3 Å². The van der Waals surface area contributed by atoms with E-state index in [0.717, 1.165) is 31.5 Å². The molecule has 0 aromatic heterocycles. The minimum atomic E-state index is -4.29. The third-order valence-electron chi connectivity index (χ3n) is 3.54. The van der Waals surface area contributed by atoms with Gasteiger partial charge in [-0.15, -0.1) is 0 Å². The zero-order chi connectivity index (χ0) is 14.0. The van der Waals surface area contributed by atoms with Gasteiger partial charge in [0.1, 0.15) is 0 Å². The molecule has 1 aromatic rings. The molecule has 19 heavy (non-hydrogen) atoms. The molecular weight excluding hydrogens is 253 g/mol. The maximum absolute atomic E-state index is 13.1. The zero-order valence-corrected chi connectivity index (χ0v) is 11.2. The topological polar surface area (TPSA) is 15.3 Å². The maximum atomic E-state index is 13.1. The third-order valence-corrected chi connectivity index (χ3v) is 3.54. The van der Waals surface area contributed by atoms with Crippen LogP contribution in [0.25, 0.3) is 0 Å². The van der Waals surface area contributed by atoms with Crippen LogP contribution in [0.3, 0.4) is 0 Å². The molecule has 1 aliphatic heterocycles. The number of nitrogens with zero attached hydrogens (tertiary/aromatic N) is 1. The Kier molecular flexibility index (Phi) is 4.04. The summed E-state index contributed by atoms with van der Waals surface area (Å²) in [6, 6.07) is 4.19. The van der Waals surface area contributed by atoms with Crippen molar-refractivity contribution in [2.24, 2.45) is 0 Å². The molecule has 0 saturated carbocycles. The molecule has 0 radical (unpaired) electrons. The highest BCUT2D eigenvalue weighted by Gasteiger charge is 2.35. The summed E-state index contributed by atoms with van der Waals surface area (Å²) in [4.78, 5) is 1.83. The van der Waals surface area contributed by atoms with E-state index in [1.165, 1.54) is 12.1 Å². The Morgan fingerprint density at radius 1 is 1.21 bits per heavy atom. The number of hydrogen-bond donors (Lipinski definition) is 1. The molecule has 5 heteroatoms. The van der Waals surface area contributed by atoms with Gasteiger partial charge in [-0.05, 0) is 43.1 Å². The van der Waals surface area contributed by atoms with Crippen molar-refractivity contribution in [2.45, 2.75) is 31.5 Å². The van der Waals surface area contributed by atoms with E-state index in [1.54, 1.807) is 6.07 Å². The van der Waals surface area contributed by atoms with Gasteiger partial charge in [0.15, 0.2) is 0 Å². The second-order valence-electron chi connectivity index (χ2n) is 5.17. The summed E-state index contributed by atoms with van der Waals surface area (Å²) in [5, 5.41) is 3.20. The molecular formula is C14H19F3N2. The molecule has 1 aliphatic rings. The van der Waals surface area contributed by atoms with Crippen LogP contribution in [0.2, 0.25) is 0 Å². The Morgan fingerprint density at radius 3 is 2.47 bits per heavy atom. The lowest BCUT2D eigenvalue weighted by Gasteiger charge is -2.28. The molecule has 2 nitrogen and oxygen atoms in total. The van der Waals surface area contributed by atoms with E-state index in [1.807, 2.05) is 19.0 Å². The van der Waals surface area contributed by atoms with Gasteiger partial charge in [0.05, 0.1) is 5.56 Å². The summed E-state index contributed by atoms with van der Waals surface area (Å²) in [6.07, 6.45) is -1.52. The van der Waals surface area contributed by atoms with E-state index >= 15 is 0 Å². The zero-order valence-electron chi connectivity index (χ0n) is 11.2. The molecule has 1 heterocycles. The molecule has 1 atom stereocenters. The second-order valence-corrected chi connectivity index (χ2v) is 5.17. The molecule has 1 saturated heterocycles. The highest BCUT2D eigenvalue weighted by molar-refractivity contribution is 5.51. The lowest BCUT2D eigenvalue weighted by molar-refractivity contribution is -0.138. The lowest BCUT2D eigenvalue weighted by Crippen LogP contribution is -2.29. The smallest absolute Gasteiger partial charge is 0.378 e. The van der Waals surface area contributed by atoms with Gasteiger partial charge in [-0.1, -0.05) is 6.42 Å². The summed E-state index contributed by atoms with van der Waals surface area (Å²) in [7, 11) is 3.67. The minimum absolute atomic E-state index is 0.190. The normalized spacial score (nSPS) is 20.4. The van der Waals surface area contributed by atoms with Gasteiger partial charge < -0.3 is 10.2 Å². The number of piperidine rings is 1. The Labute approximate surface area is 111 Å². The number of rotatable bonds is 2. The van der Waals surface area contributed by atoms with Crippen LogP contribution in [0.1, 0.15) is 36.4 Å². The number of alkyl halides is 3. The van der Waals surface area contributed by atoms with Crippen LogP contribution in [-0.4, -0.2) is 20.6 Å². The van der Waals surface area contributed by atoms with E-state index in [-0.39, 0.29) is 6.04 Å². The number of hydrogen-bond acceptors (Lipinski definition) is 2. The molecule has 1 aromatic carbocycles. The molecule has 0 bridgehead atoms. The first-order valence-electron chi connectivity index (χ1n) is 6.51. The first kappa shape index (κ1) is 14.2. The number of halogens is 3. The van der Waals surface area contributed by atoms with Gasteiger partial charge in [-0.3, -0.25) is 0 Å². The van der Waals surface area contributed by atoms with Crippen LogP contribution < -0.4 is 10.2 Å². The first-order chi connectivity index (χ1) is 8.89. The molecule has 0 spiro atoms. The summed E-state index contributed by atoms with van der Waals surface area (Å²) in [5.41, 5.74) is 0.659.